The molecule has 0 radical (unpaired) electrons. The van der Waals surface area contributed by atoms with Gasteiger partial charge in [-0.1, -0.05) is 18.2 Å². The van der Waals surface area contributed by atoms with Crippen LogP contribution < -0.4 is 0 Å². The first-order valence-electron chi connectivity index (χ1n) is 3.48. The third-order valence-corrected chi connectivity index (χ3v) is 1.91. The van der Waals surface area contributed by atoms with Crippen molar-refractivity contribution in [3.63, 3.8) is 0 Å². The van der Waals surface area contributed by atoms with E-state index in [1.807, 2.05) is 0 Å². The third kappa shape index (κ3) is 15.9. The summed E-state index contributed by atoms with van der Waals surface area (Å²) in [6, 6.07) is 7.42. The molecule has 11 heteroatoms. The second-order valence-corrected chi connectivity index (χ2v) is 6.53. The number of rotatable bonds is 1. The molecular formula is C6H7AsF5LiO3S. The van der Waals surface area contributed by atoms with Crippen LogP contribution in [0.5, 0.6) is 0 Å². The molecule has 0 saturated carbocycles. The third-order valence-electron chi connectivity index (χ3n) is 1.04. The average molecular weight is 336 g/mol. The van der Waals surface area contributed by atoms with Crippen LogP contribution in [-0.4, -0.2) is 46.6 Å². The number of benzene rings is 1. The topological polar surface area (TPSA) is 54.4 Å². The van der Waals surface area contributed by atoms with E-state index in [0.29, 0.717) is 0 Å². The van der Waals surface area contributed by atoms with Gasteiger partial charge in [-0.3, -0.25) is 4.55 Å². The zero-order valence-corrected chi connectivity index (χ0v) is 10.1. The Morgan fingerprint density at radius 2 is 1.24 bits per heavy atom. The Balaban J connectivity index is 0. The van der Waals surface area contributed by atoms with E-state index in [1.54, 1.807) is 18.2 Å². The van der Waals surface area contributed by atoms with Gasteiger partial charge in [-0.15, -0.1) is 0 Å². The average Bonchev–Trinajstić information content (AvgIpc) is 1.99. The number of hydrogen-bond donors (Lipinski definition) is 1. The van der Waals surface area contributed by atoms with Crippen molar-refractivity contribution in [2.24, 2.45) is 0 Å². The number of halogens is 5. The van der Waals surface area contributed by atoms with E-state index in [2.05, 4.69) is 0 Å². The molecule has 0 aliphatic carbocycles. The summed E-state index contributed by atoms with van der Waals surface area (Å²) in [7, 11) is -4.00. The quantitative estimate of drug-likeness (QED) is 0.485. The summed E-state index contributed by atoms with van der Waals surface area (Å²) >= 11 is -8.99. The van der Waals surface area contributed by atoms with Crippen molar-refractivity contribution in [1.29, 1.82) is 0 Å². The van der Waals surface area contributed by atoms with Gasteiger partial charge in [0.1, 0.15) is 0 Å². The maximum absolute atomic E-state index is 10.4. The minimum absolute atomic E-state index is 0. The molecule has 0 fully saturated rings. The molecule has 1 aromatic rings. The molecule has 0 spiro atoms. The first-order chi connectivity index (χ1) is 6.84. The van der Waals surface area contributed by atoms with Crippen LogP contribution in [0, 0.1) is 0 Å². The maximum atomic E-state index is 10.4. The van der Waals surface area contributed by atoms with Crippen molar-refractivity contribution >= 4 is 43.8 Å². The van der Waals surface area contributed by atoms with Gasteiger partial charge >= 0.3 is 51.0 Å². The standard InChI is InChI=1S/C6H6O3S.AsF5.Li.H/c7-10(8,9)6-4-2-1-3-5-6;2-1(3,4,5)6;;/h1-5H,(H,7,8,9);;;. The summed E-state index contributed by atoms with van der Waals surface area (Å²) in [6.07, 6.45) is 0. The van der Waals surface area contributed by atoms with E-state index in [4.69, 9.17) is 4.55 Å². The Kier molecular flexibility index (Phi) is 7.04. The summed E-state index contributed by atoms with van der Waals surface area (Å²) in [6.45, 7) is 0. The van der Waals surface area contributed by atoms with E-state index >= 15 is 0 Å². The zero-order chi connectivity index (χ0) is 13.1. The molecule has 1 aromatic carbocycles. The van der Waals surface area contributed by atoms with Gasteiger partial charge in [0.05, 0.1) is 4.90 Å². The van der Waals surface area contributed by atoms with Gasteiger partial charge in [-0.05, 0) is 12.1 Å². The van der Waals surface area contributed by atoms with Crippen LogP contribution in [0.25, 0.3) is 0 Å². The summed E-state index contributed by atoms with van der Waals surface area (Å²) in [5.41, 5.74) is 0. The monoisotopic (exact) mass is 336 g/mol. The zero-order valence-electron chi connectivity index (χ0n) is 7.40. The molecule has 0 heterocycles. The van der Waals surface area contributed by atoms with E-state index in [-0.39, 0.29) is 23.8 Å². The van der Waals surface area contributed by atoms with E-state index in [9.17, 15) is 25.8 Å². The molecule has 0 amide bonds. The van der Waals surface area contributed by atoms with E-state index in [0.717, 1.165) is 0 Å². The predicted octanol–water partition coefficient (Wildman–Crippen LogP) is 2.01. The van der Waals surface area contributed by atoms with Crippen LogP contribution >= 0.6 is 0 Å². The van der Waals surface area contributed by atoms with Gasteiger partial charge in [-0.25, -0.2) is 0 Å². The van der Waals surface area contributed by atoms with Crippen LogP contribution in [0.3, 0.4) is 0 Å². The first-order valence-corrected chi connectivity index (χ1v) is 8.46. The second kappa shape index (κ2) is 6.20. The Bertz CT molecular complexity index is 427. The normalized spacial score (nSPS) is 13.4. The molecule has 1 N–H and O–H groups in total. The fourth-order valence-corrected chi connectivity index (χ4v) is 1.09. The molecule has 0 aromatic heterocycles. The molecule has 3 nitrogen and oxygen atoms in total. The van der Waals surface area contributed by atoms with Crippen LogP contribution in [0.4, 0.5) is 17.3 Å². The SMILES string of the molecule is F[As](F)(F)(F)F.O=S(=O)(O)c1ccccc1.[LiH]. The van der Waals surface area contributed by atoms with Gasteiger partial charge in [0.15, 0.2) is 0 Å². The van der Waals surface area contributed by atoms with Crippen molar-refractivity contribution in [3.8, 4) is 0 Å². The molecule has 0 atom stereocenters. The van der Waals surface area contributed by atoms with Gasteiger partial charge in [-0.2, -0.15) is 8.42 Å². The molecular weight excluding hydrogens is 329 g/mol. The summed E-state index contributed by atoms with van der Waals surface area (Å²) in [4.78, 5) is -0.0741. The Morgan fingerprint density at radius 1 is 0.941 bits per heavy atom. The molecule has 0 saturated heterocycles. The van der Waals surface area contributed by atoms with E-state index in [1.165, 1.54) is 12.1 Å². The summed E-state index contributed by atoms with van der Waals surface area (Å²) in [5.74, 6) is 0. The van der Waals surface area contributed by atoms with Crippen molar-refractivity contribution in [1.82, 2.24) is 0 Å². The number of hydrogen-bond acceptors (Lipinski definition) is 2. The fourth-order valence-electron chi connectivity index (χ4n) is 0.592. The van der Waals surface area contributed by atoms with Gasteiger partial charge in [0, 0.05) is 0 Å². The van der Waals surface area contributed by atoms with Gasteiger partial charge < -0.3 is 0 Å². The molecule has 0 unspecified atom stereocenters. The van der Waals surface area contributed by atoms with Crippen molar-refractivity contribution in [3.05, 3.63) is 30.3 Å². The molecule has 0 aliphatic rings. The Labute approximate surface area is 109 Å². The van der Waals surface area contributed by atoms with Crippen LogP contribution in [0.2, 0.25) is 0 Å². The Morgan fingerprint density at radius 3 is 1.41 bits per heavy atom. The van der Waals surface area contributed by atoms with Crippen LogP contribution in [-0.2, 0) is 10.1 Å². The van der Waals surface area contributed by atoms with E-state index < -0.39 is 24.9 Å². The molecule has 0 aliphatic heterocycles. The van der Waals surface area contributed by atoms with Gasteiger partial charge in [0.2, 0.25) is 0 Å². The molecule has 96 valence electrons. The minimum atomic E-state index is -8.99. The van der Waals surface area contributed by atoms with Crippen molar-refractivity contribution < 1.29 is 30.3 Å². The molecule has 17 heavy (non-hydrogen) atoms. The predicted molar refractivity (Wildman–Crippen MR) is 54.7 cm³/mol. The van der Waals surface area contributed by atoms with Crippen LogP contribution in [0.1, 0.15) is 0 Å². The van der Waals surface area contributed by atoms with Gasteiger partial charge in [0.25, 0.3) is 10.1 Å². The first kappa shape index (κ1) is 19.3. The van der Waals surface area contributed by atoms with Crippen molar-refractivity contribution in [2.75, 3.05) is 0 Å². The Hall–Kier alpha value is -0.0642. The summed E-state index contributed by atoms with van der Waals surface area (Å²) < 4.78 is 78.7. The second-order valence-electron chi connectivity index (χ2n) is 2.43. The summed E-state index contributed by atoms with van der Waals surface area (Å²) in [5, 5.41) is 0. The van der Waals surface area contributed by atoms with Crippen molar-refractivity contribution in [2.45, 2.75) is 4.90 Å². The fraction of sp³-hybridized carbons (Fsp3) is 0. The molecule has 0 bridgehead atoms. The molecule has 1 rings (SSSR count). The van der Waals surface area contributed by atoms with Crippen LogP contribution in [0.15, 0.2) is 35.2 Å².